The van der Waals surface area contributed by atoms with Gasteiger partial charge in [0.05, 0.1) is 26.2 Å². The Hall–Kier alpha value is -2.54. The van der Waals surface area contributed by atoms with E-state index in [0.29, 0.717) is 35.7 Å². The van der Waals surface area contributed by atoms with Gasteiger partial charge in [0, 0.05) is 37.6 Å². The third-order valence-corrected chi connectivity index (χ3v) is 4.98. The van der Waals surface area contributed by atoms with Gasteiger partial charge >= 0.3 is 5.63 Å². The summed E-state index contributed by atoms with van der Waals surface area (Å²) < 4.78 is 16.0. The summed E-state index contributed by atoms with van der Waals surface area (Å²) in [5, 5.41) is 0.739. The van der Waals surface area contributed by atoms with Crippen molar-refractivity contribution in [3.63, 3.8) is 0 Å². The van der Waals surface area contributed by atoms with Crippen LogP contribution in [0.3, 0.4) is 0 Å². The molecule has 1 aromatic carbocycles. The van der Waals surface area contributed by atoms with Crippen molar-refractivity contribution in [3.05, 3.63) is 33.7 Å². The van der Waals surface area contributed by atoms with Crippen molar-refractivity contribution in [2.24, 2.45) is 0 Å². The summed E-state index contributed by atoms with van der Waals surface area (Å²) in [6.07, 6.45) is 0.0438. The highest BCUT2D eigenvalue weighted by molar-refractivity contribution is 5.87. The van der Waals surface area contributed by atoms with Crippen LogP contribution in [0.2, 0.25) is 0 Å². The molecule has 0 saturated carbocycles. The molecule has 0 N–H and O–H groups in total. The van der Waals surface area contributed by atoms with Gasteiger partial charge in [-0.3, -0.25) is 4.79 Å². The molecule has 1 aromatic heterocycles. The maximum atomic E-state index is 12.6. The third kappa shape index (κ3) is 3.39. The van der Waals surface area contributed by atoms with E-state index in [0.717, 1.165) is 24.0 Å². The van der Waals surface area contributed by atoms with Gasteiger partial charge in [0.2, 0.25) is 5.91 Å². The van der Waals surface area contributed by atoms with Crippen LogP contribution in [0.5, 0.6) is 11.5 Å². The van der Waals surface area contributed by atoms with Gasteiger partial charge in [-0.25, -0.2) is 4.79 Å². The normalized spacial score (nSPS) is 15.3. The Morgan fingerprint density at radius 1 is 1.12 bits per heavy atom. The lowest BCUT2D eigenvalue weighted by Gasteiger charge is -2.32. The van der Waals surface area contributed by atoms with Gasteiger partial charge < -0.3 is 23.7 Å². The summed E-state index contributed by atoms with van der Waals surface area (Å²) in [5.41, 5.74) is 1.07. The van der Waals surface area contributed by atoms with Crippen molar-refractivity contribution in [3.8, 4) is 11.5 Å². The molecule has 2 aromatic rings. The van der Waals surface area contributed by atoms with E-state index in [2.05, 4.69) is 4.90 Å². The standard InChI is InChI=1S/C19H24N2O5/c1-12-13-9-16(24-3)17(25-4)11-15(13)26-19(23)14(12)10-18(22)21-7-5-20(2)6-8-21/h9,11H,5-8,10H2,1-4H3. The van der Waals surface area contributed by atoms with E-state index in [9.17, 15) is 9.59 Å². The highest BCUT2D eigenvalue weighted by Crippen LogP contribution is 2.33. The van der Waals surface area contributed by atoms with Crippen molar-refractivity contribution in [2.75, 3.05) is 47.4 Å². The summed E-state index contributed by atoms with van der Waals surface area (Å²) in [5.74, 6) is 0.991. The zero-order chi connectivity index (χ0) is 18.8. The minimum Gasteiger partial charge on any atom is -0.493 e. The van der Waals surface area contributed by atoms with Gasteiger partial charge in [-0.2, -0.15) is 0 Å². The summed E-state index contributed by atoms with van der Waals surface area (Å²) in [7, 11) is 5.11. The van der Waals surface area contributed by atoms with Crippen molar-refractivity contribution in [2.45, 2.75) is 13.3 Å². The molecular formula is C19H24N2O5. The van der Waals surface area contributed by atoms with E-state index in [1.54, 1.807) is 24.1 Å². The predicted octanol–water partition coefficient (Wildman–Crippen LogP) is 1.44. The van der Waals surface area contributed by atoms with Crippen LogP contribution in [0.25, 0.3) is 11.0 Å². The number of likely N-dealkylation sites (N-methyl/N-ethyl adjacent to an activating group) is 1. The zero-order valence-electron chi connectivity index (χ0n) is 15.6. The Balaban J connectivity index is 1.96. The molecule has 2 heterocycles. The Bertz CT molecular complexity index is 882. The molecule has 140 valence electrons. The second kappa shape index (κ2) is 7.37. The number of ether oxygens (including phenoxy) is 2. The number of methoxy groups -OCH3 is 2. The van der Waals surface area contributed by atoms with Gasteiger partial charge in [-0.1, -0.05) is 0 Å². The highest BCUT2D eigenvalue weighted by Gasteiger charge is 2.23. The molecule has 0 unspecified atom stereocenters. The second-order valence-corrected chi connectivity index (χ2v) is 6.56. The lowest BCUT2D eigenvalue weighted by Crippen LogP contribution is -2.47. The molecular weight excluding hydrogens is 336 g/mol. The molecule has 0 atom stereocenters. The van der Waals surface area contributed by atoms with Crippen LogP contribution in [0.15, 0.2) is 21.3 Å². The Morgan fingerprint density at radius 3 is 2.35 bits per heavy atom. The van der Waals surface area contributed by atoms with Crippen LogP contribution in [0.4, 0.5) is 0 Å². The number of carbonyl (C=O) groups is 1. The van der Waals surface area contributed by atoms with Gasteiger partial charge in [-0.05, 0) is 25.6 Å². The number of aryl methyl sites for hydroxylation is 1. The van der Waals surface area contributed by atoms with E-state index < -0.39 is 5.63 Å². The number of nitrogens with zero attached hydrogens (tertiary/aromatic N) is 2. The Morgan fingerprint density at radius 2 is 1.73 bits per heavy atom. The van der Waals surface area contributed by atoms with Crippen LogP contribution in [-0.2, 0) is 11.2 Å². The number of benzene rings is 1. The predicted molar refractivity (Wildman–Crippen MR) is 98.1 cm³/mol. The number of fused-ring (bicyclic) bond motifs is 1. The molecule has 0 aliphatic carbocycles. The fourth-order valence-corrected chi connectivity index (χ4v) is 3.24. The monoisotopic (exact) mass is 360 g/mol. The molecule has 26 heavy (non-hydrogen) atoms. The van der Waals surface area contributed by atoms with E-state index in [4.69, 9.17) is 13.9 Å². The average Bonchev–Trinajstić information content (AvgIpc) is 2.64. The third-order valence-electron chi connectivity index (χ3n) is 4.98. The Labute approximate surface area is 152 Å². The first kappa shape index (κ1) is 18.3. The fourth-order valence-electron chi connectivity index (χ4n) is 3.24. The molecule has 1 aliphatic rings. The molecule has 7 nitrogen and oxygen atoms in total. The molecule has 1 saturated heterocycles. The number of hydrogen-bond donors (Lipinski definition) is 0. The first-order chi connectivity index (χ1) is 12.4. The topological polar surface area (TPSA) is 72.2 Å². The van der Waals surface area contributed by atoms with E-state index >= 15 is 0 Å². The molecule has 0 bridgehead atoms. The lowest BCUT2D eigenvalue weighted by atomic mass is 10.0. The lowest BCUT2D eigenvalue weighted by molar-refractivity contribution is -0.132. The van der Waals surface area contributed by atoms with Crippen molar-refractivity contribution in [1.82, 2.24) is 9.80 Å². The van der Waals surface area contributed by atoms with Crippen LogP contribution < -0.4 is 15.1 Å². The first-order valence-electron chi connectivity index (χ1n) is 8.59. The van der Waals surface area contributed by atoms with Crippen molar-refractivity contribution >= 4 is 16.9 Å². The summed E-state index contributed by atoms with van der Waals surface area (Å²) in [6, 6.07) is 3.41. The van der Waals surface area contributed by atoms with E-state index in [1.807, 2.05) is 14.0 Å². The molecule has 1 amide bonds. The maximum Gasteiger partial charge on any atom is 0.340 e. The van der Waals surface area contributed by atoms with Crippen LogP contribution in [0, 0.1) is 6.92 Å². The summed E-state index contributed by atoms with van der Waals surface area (Å²) >= 11 is 0. The number of hydrogen-bond acceptors (Lipinski definition) is 6. The van der Waals surface area contributed by atoms with E-state index in [-0.39, 0.29) is 12.3 Å². The van der Waals surface area contributed by atoms with Crippen LogP contribution in [0.1, 0.15) is 11.1 Å². The first-order valence-corrected chi connectivity index (χ1v) is 8.59. The molecule has 7 heteroatoms. The van der Waals surface area contributed by atoms with Crippen molar-refractivity contribution in [1.29, 1.82) is 0 Å². The molecule has 0 spiro atoms. The number of piperazine rings is 1. The minimum absolute atomic E-state index is 0.0438. The minimum atomic E-state index is -0.482. The van der Waals surface area contributed by atoms with Gasteiger partial charge in [0.25, 0.3) is 0 Å². The molecule has 0 radical (unpaired) electrons. The zero-order valence-corrected chi connectivity index (χ0v) is 15.6. The number of rotatable bonds is 4. The average molecular weight is 360 g/mol. The van der Waals surface area contributed by atoms with Crippen molar-refractivity contribution < 1.29 is 18.7 Å². The summed E-state index contributed by atoms with van der Waals surface area (Å²) in [6.45, 7) is 4.87. The highest BCUT2D eigenvalue weighted by atomic mass is 16.5. The van der Waals surface area contributed by atoms with Crippen LogP contribution in [-0.4, -0.2) is 63.2 Å². The van der Waals surface area contributed by atoms with Gasteiger partial charge in [-0.15, -0.1) is 0 Å². The fraction of sp³-hybridized carbons (Fsp3) is 0.474. The number of amides is 1. The quantitative estimate of drug-likeness (QED) is 0.768. The Kier molecular flexibility index (Phi) is 5.18. The smallest absolute Gasteiger partial charge is 0.340 e. The van der Waals surface area contributed by atoms with E-state index in [1.165, 1.54) is 7.11 Å². The SMILES string of the molecule is COc1cc2oc(=O)c(CC(=O)N3CCN(C)CC3)c(C)c2cc1OC. The van der Waals surface area contributed by atoms with Crippen LogP contribution >= 0.6 is 0 Å². The second-order valence-electron chi connectivity index (χ2n) is 6.56. The molecule has 1 fully saturated rings. The van der Waals surface area contributed by atoms with Gasteiger partial charge in [0.1, 0.15) is 5.58 Å². The largest absolute Gasteiger partial charge is 0.493 e. The molecule has 3 rings (SSSR count). The summed E-state index contributed by atoms with van der Waals surface area (Å²) in [4.78, 5) is 29.1. The maximum absolute atomic E-state index is 12.6. The number of carbonyl (C=O) groups excluding carboxylic acids is 1. The van der Waals surface area contributed by atoms with Gasteiger partial charge in [0.15, 0.2) is 11.5 Å². The molecule has 1 aliphatic heterocycles.